The predicted octanol–water partition coefficient (Wildman–Crippen LogP) is 4.73. The van der Waals surface area contributed by atoms with Gasteiger partial charge < -0.3 is 20.5 Å². The number of fused-ring (bicyclic) bond motifs is 1. The first-order valence-electron chi connectivity index (χ1n) is 10.4. The van der Waals surface area contributed by atoms with Crippen molar-refractivity contribution >= 4 is 28.9 Å². The van der Waals surface area contributed by atoms with E-state index >= 15 is 8.78 Å². The van der Waals surface area contributed by atoms with Gasteiger partial charge in [0, 0.05) is 41.6 Å². The maximum absolute atomic E-state index is 15.3. The van der Waals surface area contributed by atoms with Gasteiger partial charge in [-0.15, -0.1) is 0 Å². The van der Waals surface area contributed by atoms with Crippen molar-refractivity contribution < 1.29 is 23.0 Å². The number of benzene rings is 2. The summed E-state index contributed by atoms with van der Waals surface area (Å²) >= 11 is 0. The van der Waals surface area contributed by atoms with Crippen molar-refractivity contribution in [3.63, 3.8) is 0 Å². The van der Waals surface area contributed by atoms with Crippen LogP contribution >= 0.6 is 0 Å². The Morgan fingerprint density at radius 1 is 1.15 bits per heavy atom. The van der Waals surface area contributed by atoms with Crippen molar-refractivity contribution in [2.75, 3.05) is 30.9 Å². The van der Waals surface area contributed by atoms with Crippen molar-refractivity contribution in [3.8, 4) is 5.75 Å². The van der Waals surface area contributed by atoms with Crippen LogP contribution in [0.1, 0.15) is 23.2 Å². The summed E-state index contributed by atoms with van der Waals surface area (Å²) in [6.07, 6.45) is 0.376. The second-order valence-corrected chi connectivity index (χ2v) is 7.50. The van der Waals surface area contributed by atoms with Gasteiger partial charge in [-0.2, -0.15) is 13.8 Å². The molecule has 1 aromatic heterocycles. The van der Waals surface area contributed by atoms with Gasteiger partial charge in [-0.3, -0.25) is 0 Å². The standard InChI is InChI=1S/C24H22F3N5O2/c1-14-18-12-17(34-2)8-9-19(18)29-22(14)31-21-13-20(30-23(32-21)28-10-3-11-33)24(26,27)15-4-6-16(25)7-5-15/h4-9,12-13,33H,1,3,10-11H2,2H3,(H2,28,29,30,31,32). The Bertz CT molecular complexity index is 1250. The van der Waals surface area contributed by atoms with Gasteiger partial charge in [0.15, 0.2) is 5.82 Å². The molecule has 4 rings (SSSR count). The fourth-order valence-corrected chi connectivity index (χ4v) is 3.37. The highest BCUT2D eigenvalue weighted by Crippen LogP contribution is 2.38. The summed E-state index contributed by atoms with van der Waals surface area (Å²) in [5.74, 6) is -3.27. The summed E-state index contributed by atoms with van der Waals surface area (Å²) in [6.45, 7) is 4.23. The molecule has 0 spiro atoms. The average molecular weight is 469 g/mol. The zero-order valence-electron chi connectivity index (χ0n) is 18.3. The van der Waals surface area contributed by atoms with E-state index in [1.807, 2.05) is 0 Å². The van der Waals surface area contributed by atoms with Gasteiger partial charge in [0.25, 0.3) is 0 Å². The minimum atomic E-state index is -3.53. The number of nitrogens with one attached hydrogen (secondary N) is 2. The van der Waals surface area contributed by atoms with Crippen LogP contribution in [-0.2, 0) is 5.92 Å². The minimum absolute atomic E-state index is 0.0262. The van der Waals surface area contributed by atoms with E-state index in [1.54, 1.807) is 25.3 Å². The monoisotopic (exact) mass is 469 g/mol. The fourth-order valence-electron chi connectivity index (χ4n) is 3.37. The molecule has 0 bridgehead atoms. The minimum Gasteiger partial charge on any atom is -0.497 e. The topological polar surface area (TPSA) is 91.7 Å². The molecule has 0 unspecified atom stereocenters. The van der Waals surface area contributed by atoms with Crippen LogP contribution in [0.25, 0.3) is 5.57 Å². The quantitative estimate of drug-likeness (QED) is 0.413. The Hall–Kier alpha value is -3.92. The summed E-state index contributed by atoms with van der Waals surface area (Å²) in [7, 11) is 1.55. The molecule has 0 atom stereocenters. The summed E-state index contributed by atoms with van der Waals surface area (Å²) < 4.78 is 49.1. The van der Waals surface area contributed by atoms with Crippen LogP contribution in [0.2, 0.25) is 0 Å². The molecule has 34 heavy (non-hydrogen) atoms. The van der Waals surface area contributed by atoms with Crippen molar-refractivity contribution in [2.45, 2.75) is 12.3 Å². The highest BCUT2D eigenvalue weighted by atomic mass is 19.3. The maximum atomic E-state index is 15.3. The van der Waals surface area contributed by atoms with Crippen molar-refractivity contribution in [3.05, 3.63) is 77.7 Å². The Balaban J connectivity index is 1.73. The number of ether oxygens (including phenoxy) is 1. The molecule has 0 saturated carbocycles. The van der Waals surface area contributed by atoms with Crippen molar-refractivity contribution in [1.29, 1.82) is 0 Å². The normalized spacial score (nSPS) is 14.1. The van der Waals surface area contributed by atoms with Gasteiger partial charge in [0.2, 0.25) is 5.95 Å². The second-order valence-electron chi connectivity index (χ2n) is 7.50. The number of nitrogens with zero attached hydrogens (tertiary/aromatic N) is 3. The molecule has 1 aliphatic heterocycles. The largest absolute Gasteiger partial charge is 0.497 e. The number of hydrogen-bond donors (Lipinski definition) is 3. The number of rotatable bonds is 8. The molecule has 3 aromatic rings. The number of anilines is 2. The summed E-state index contributed by atoms with van der Waals surface area (Å²) in [5, 5.41) is 14.9. The number of aromatic nitrogens is 2. The van der Waals surface area contributed by atoms with Crippen LogP contribution < -0.4 is 15.4 Å². The molecule has 2 aromatic carbocycles. The van der Waals surface area contributed by atoms with Crippen LogP contribution in [0.5, 0.6) is 5.75 Å². The van der Waals surface area contributed by atoms with E-state index in [0.717, 1.165) is 41.6 Å². The van der Waals surface area contributed by atoms with Crippen LogP contribution in [-0.4, -0.2) is 41.2 Å². The number of amidine groups is 1. The lowest BCUT2D eigenvalue weighted by Crippen LogP contribution is -2.19. The van der Waals surface area contributed by atoms with Gasteiger partial charge in [0.1, 0.15) is 23.1 Å². The lowest BCUT2D eigenvalue weighted by atomic mass is 10.1. The number of halogens is 3. The Kier molecular flexibility index (Phi) is 6.51. The maximum Gasteiger partial charge on any atom is 0.315 e. The number of aliphatic hydroxyl groups is 1. The molecular formula is C24H22F3N5O2. The molecular weight excluding hydrogens is 447 g/mol. The molecule has 2 heterocycles. The van der Waals surface area contributed by atoms with Gasteiger partial charge in [-0.05, 0) is 48.9 Å². The highest BCUT2D eigenvalue weighted by Gasteiger charge is 2.37. The molecule has 0 amide bonds. The number of aliphatic imine (C=N–C) groups is 1. The van der Waals surface area contributed by atoms with Gasteiger partial charge in [-0.25, -0.2) is 14.4 Å². The highest BCUT2D eigenvalue weighted by molar-refractivity contribution is 6.34. The van der Waals surface area contributed by atoms with E-state index in [1.165, 1.54) is 0 Å². The number of methoxy groups -OCH3 is 1. The first-order valence-corrected chi connectivity index (χ1v) is 10.4. The molecule has 3 N–H and O–H groups in total. The lowest BCUT2D eigenvalue weighted by Gasteiger charge is -2.17. The van der Waals surface area contributed by atoms with Crippen molar-refractivity contribution in [1.82, 2.24) is 9.97 Å². The molecule has 1 aliphatic rings. The Morgan fingerprint density at radius 2 is 1.91 bits per heavy atom. The Labute approximate surface area is 194 Å². The number of alkyl halides is 2. The molecule has 0 saturated heterocycles. The predicted molar refractivity (Wildman–Crippen MR) is 124 cm³/mol. The van der Waals surface area contributed by atoms with E-state index in [0.29, 0.717) is 23.6 Å². The van der Waals surface area contributed by atoms with Gasteiger partial charge in [-0.1, -0.05) is 6.58 Å². The summed E-state index contributed by atoms with van der Waals surface area (Å²) in [4.78, 5) is 12.6. The molecule has 0 radical (unpaired) electrons. The van der Waals surface area contributed by atoms with E-state index in [2.05, 4.69) is 32.2 Å². The van der Waals surface area contributed by atoms with Crippen LogP contribution in [0, 0.1) is 5.82 Å². The third-order valence-electron chi connectivity index (χ3n) is 5.18. The van der Waals surface area contributed by atoms with E-state index in [9.17, 15) is 4.39 Å². The van der Waals surface area contributed by atoms with E-state index in [4.69, 9.17) is 9.84 Å². The molecule has 0 aliphatic carbocycles. The van der Waals surface area contributed by atoms with Gasteiger partial charge in [0.05, 0.1) is 7.11 Å². The van der Waals surface area contributed by atoms with E-state index in [-0.39, 0.29) is 24.9 Å². The zero-order valence-corrected chi connectivity index (χ0v) is 18.3. The third-order valence-corrected chi connectivity index (χ3v) is 5.18. The number of hydrogen-bond acceptors (Lipinski definition) is 6. The first kappa shape index (κ1) is 23.2. The molecule has 10 heteroatoms. The zero-order chi connectivity index (χ0) is 24.3. The van der Waals surface area contributed by atoms with Crippen LogP contribution in [0.3, 0.4) is 0 Å². The molecule has 176 valence electrons. The SMILES string of the molecule is C=C1C(=Nc2cc(C(F)(F)c3ccc(F)cc3)nc(NCCCO)n2)Nc2ccc(OC)cc21. The second kappa shape index (κ2) is 9.52. The van der Waals surface area contributed by atoms with Gasteiger partial charge >= 0.3 is 5.92 Å². The average Bonchev–Trinajstić information content (AvgIpc) is 3.13. The van der Waals surface area contributed by atoms with Crippen LogP contribution in [0.15, 0.2) is 60.1 Å². The van der Waals surface area contributed by atoms with E-state index < -0.39 is 23.0 Å². The Morgan fingerprint density at radius 3 is 2.62 bits per heavy atom. The summed E-state index contributed by atoms with van der Waals surface area (Å²) in [5.41, 5.74) is 1.04. The number of aliphatic hydroxyl groups excluding tert-OH is 1. The first-order chi connectivity index (χ1) is 16.3. The van der Waals surface area contributed by atoms with Crippen LogP contribution in [0.4, 0.5) is 30.6 Å². The lowest BCUT2D eigenvalue weighted by molar-refractivity contribution is 0.0380. The summed E-state index contributed by atoms with van der Waals surface area (Å²) in [6, 6.07) is 10.4. The third kappa shape index (κ3) is 4.72. The fraction of sp³-hybridized carbons (Fsp3) is 0.208. The molecule has 0 fully saturated rings. The van der Waals surface area contributed by atoms with Crippen molar-refractivity contribution in [2.24, 2.45) is 4.99 Å². The smallest absolute Gasteiger partial charge is 0.315 e. The molecule has 7 nitrogen and oxygen atoms in total.